The van der Waals surface area contributed by atoms with Gasteiger partial charge in [-0.1, -0.05) is 23.7 Å². The predicted molar refractivity (Wildman–Crippen MR) is 109 cm³/mol. The zero-order valence-corrected chi connectivity index (χ0v) is 16.0. The Morgan fingerprint density at radius 1 is 1.04 bits per heavy atom. The number of anilines is 3. The number of methoxy groups -OCH3 is 2. The highest BCUT2D eigenvalue weighted by molar-refractivity contribution is 6.30. The summed E-state index contributed by atoms with van der Waals surface area (Å²) in [7, 11) is 3.22. The molecule has 0 bridgehead atoms. The van der Waals surface area contributed by atoms with Gasteiger partial charge in [0.1, 0.15) is 17.3 Å². The Hall–Kier alpha value is -2.99. The van der Waals surface area contributed by atoms with E-state index in [0.29, 0.717) is 11.7 Å². The van der Waals surface area contributed by atoms with Gasteiger partial charge in [0.2, 0.25) is 5.95 Å². The van der Waals surface area contributed by atoms with E-state index in [1.807, 2.05) is 36.4 Å². The minimum Gasteiger partial charge on any atom is -0.497 e. The van der Waals surface area contributed by atoms with Crippen LogP contribution in [0.15, 0.2) is 54.7 Å². The fraction of sp³-hybridized carbons (Fsp3) is 0.200. The van der Waals surface area contributed by atoms with Crippen LogP contribution in [-0.4, -0.2) is 30.7 Å². The Kier molecular flexibility index (Phi) is 6.33. The average Bonchev–Trinajstić information content (AvgIpc) is 2.69. The van der Waals surface area contributed by atoms with Crippen LogP contribution in [0.5, 0.6) is 11.5 Å². The van der Waals surface area contributed by atoms with Crippen molar-refractivity contribution in [1.29, 1.82) is 0 Å². The van der Waals surface area contributed by atoms with Gasteiger partial charge in [0, 0.05) is 23.8 Å². The van der Waals surface area contributed by atoms with Gasteiger partial charge < -0.3 is 20.1 Å². The maximum atomic E-state index is 6.01. The molecule has 27 heavy (non-hydrogen) atoms. The molecule has 0 saturated heterocycles. The molecule has 0 aliphatic carbocycles. The van der Waals surface area contributed by atoms with Crippen LogP contribution < -0.4 is 20.1 Å². The summed E-state index contributed by atoms with van der Waals surface area (Å²) in [5.41, 5.74) is 1.93. The van der Waals surface area contributed by atoms with E-state index in [9.17, 15) is 0 Å². The Morgan fingerprint density at radius 2 is 1.93 bits per heavy atom. The standard InChI is InChI=1S/C20H21ClN4O2/c1-26-16-6-7-17(18(13-16)27-2)24-20-23-11-9-19(25-20)22-10-8-14-4-3-5-15(21)12-14/h3-7,9,11-13H,8,10H2,1-2H3,(H2,22,23,24,25). The molecule has 3 rings (SSSR count). The molecule has 0 unspecified atom stereocenters. The lowest BCUT2D eigenvalue weighted by molar-refractivity contribution is 0.395. The van der Waals surface area contributed by atoms with Crippen molar-refractivity contribution in [3.63, 3.8) is 0 Å². The van der Waals surface area contributed by atoms with Gasteiger partial charge in [-0.05, 0) is 42.3 Å². The second kappa shape index (κ2) is 9.09. The van der Waals surface area contributed by atoms with E-state index >= 15 is 0 Å². The van der Waals surface area contributed by atoms with Crippen molar-refractivity contribution < 1.29 is 9.47 Å². The highest BCUT2D eigenvalue weighted by Gasteiger charge is 2.07. The van der Waals surface area contributed by atoms with E-state index in [4.69, 9.17) is 21.1 Å². The fourth-order valence-electron chi connectivity index (χ4n) is 2.57. The number of halogens is 1. The molecule has 0 spiro atoms. The smallest absolute Gasteiger partial charge is 0.229 e. The maximum absolute atomic E-state index is 6.01. The number of nitrogens with one attached hydrogen (secondary N) is 2. The molecule has 0 amide bonds. The van der Waals surface area contributed by atoms with Crippen LogP contribution in [0.2, 0.25) is 5.02 Å². The summed E-state index contributed by atoms with van der Waals surface area (Å²) in [6.07, 6.45) is 2.55. The molecule has 0 aliphatic rings. The van der Waals surface area contributed by atoms with Gasteiger partial charge in [0.05, 0.1) is 19.9 Å². The predicted octanol–water partition coefficient (Wildman–Crippen LogP) is 4.55. The minimum absolute atomic E-state index is 0.478. The van der Waals surface area contributed by atoms with Gasteiger partial charge in [-0.3, -0.25) is 0 Å². The zero-order valence-electron chi connectivity index (χ0n) is 15.2. The van der Waals surface area contributed by atoms with Gasteiger partial charge in [0.25, 0.3) is 0 Å². The molecule has 140 valence electrons. The number of benzene rings is 2. The van der Waals surface area contributed by atoms with Gasteiger partial charge in [-0.15, -0.1) is 0 Å². The van der Waals surface area contributed by atoms with Crippen LogP contribution >= 0.6 is 11.6 Å². The molecule has 0 fully saturated rings. The van der Waals surface area contributed by atoms with Crippen LogP contribution in [-0.2, 0) is 6.42 Å². The number of aromatic nitrogens is 2. The summed E-state index contributed by atoms with van der Waals surface area (Å²) in [4.78, 5) is 8.75. The van der Waals surface area contributed by atoms with Gasteiger partial charge >= 0.3 is 0 Å². The van der Waals surface area contributed by atoms with Crippen molar-refractivity contribution in [2.24, 2.45) is 0 Å². The largest absolute Gasteiger partial charge is 0.497 e. The maximum Gasteiger partial charge on any atom is 0.229 e. The molecule has 7 heteroatoms. The highest BCUT2D eigenvalue weighted by Crippen LogP contribution is 2.30. The normalized spacial score (nSPS) is 10.3. The number of ether oxygens (including phenoxy) is 2. The second-order valence-electron chi connectivity index (χ2n) is 5.76. The van der Waals surface area contributed by atoms with E-state index in [-0.39, 0.29) is 0 Å². The summed E-state index contributed by atoms with van der Waals surface area (Å²) >= 11 is 6.01. The van der Waals surface area contributed by atoms with Gasteiger partial charge in [-0.25, -0.2) is 4.98 Å². The van der Waals surface area contributed by atoms with Crippen LogP contribution in [0.3, 0.4) is 0 Å². The monoisotopic (exact) mass is 384 g/mol. The highest BCUT2D eigenvalue weighted by atomic mass is 35.5. The Balaban J connectivity index is 1.63. The first-order valence-corrected chi connectivity index (χ1v) is 8.86. The van der Waals surface area contributed by atoms with E-state index in [1.165, 1.54) is 5.56 Å². The summed E-state index contributed by atoms with van der Waals surface area (Å²) in [6.45, 7) is 0.739. The first-order valence-electron chi connectivity index (χ1n) is 8.48. The summed E-state index contributed by atoms with van der Waals surface area (Å²) in [5.74, 6) is 2.58. The molecule has 0 aliphatic heterocycles. The van der Waals surface area contributed by atoms with Crippen LogP contribution in [0.4, 0.5) is 17.5 Å². The summed E-state index contributed by atoms with van der Waals surface area (Å²) in [6, 6.07) is 15.2. The lowest BCUT2D eigenvalue weighted by Gasteiger charge is -2.12. The third-order valence-electron chi connectivity index (χ3n) is 3.92. The number of rotatable bonds is 8. The summed E-state index contributed by atoms with van der Waals surface area (Å²) in [5, 5.41) is 7.22. The molecule has 6 nitrogen and oxygen atoms in total. The van der Waals surface area contributed by atoms with Crippen molar-refractivity contribution in [2.75, 3.05) is 31.4 Å². The SMILES string of the molecule is COc1ccc(Nc2nccc(NCCc3cccc(Cl)c3)n2)c(OC)c1. The molecule has 2 N–H and O–H groups in total. The number of hydrogen-bond donors (Lipinski definition) is 2. The first kappa shape index (κ1) is 18.8. The lowest BCUT2D eigenvalue weighted by atomic mass is 10.1. The zero-order chi connectivity index (χ0) is 19.1. The third kappa shape index (κ3) is 5.24. The third-order valence-corrected chi connectivity index (χ3v) is 4.15. The Bertz CT molecular complexity index is 905. The first-order chi connectivity index (χ1) is 13.2. The van der Waals surface area contributed by atoms with Crippen LogP contribution in [0.1, 0.15) is 5.56 Å². The quantitative estimate of drug-likeness (QED) is 0.594. The van der Waals surface area contributed by atoms with Gasteiger partial charge in [0.15, 0.2) is 0 Å². The Labute approximate surface area is 163 Å². The Morgan fingerprint density at radius 3 is 2.70 bits per heavy atom. The van der Waals surface area contributed by atoms with Crippen LogP contribution in [0.25, 0.3) is 0 Å². The van der Waals surface area contributed by atoms with Crippen molar-refractivity contribution in [1.82, 2.24) is 9.97 Å². The molecular formula is C20H21ClN4O2. The van der Waals surface area contributed by atoms with E-state index in [0.717, 1.165) is 35.2 Å². The number of hydrogen-bond acceptors (Lipinski definition) is 6. The van der Waals surface area contributed by atoms with Crippen molar-refractivity contribution >= 4 is 29.1 Å². The molecule has 0 saturated carbocycles. The average molecular weight is 385 g/mol. The fourth-order valence-corrected chi connectivity index (χ4v) is 2.78. The molecule has 3 aromatic rings. The van der Waals surface area contributed by atoms with Gasteiger partial charge in [-0.2, -0.15) is 4.98 Å². The molecule has 1 heterocycles. The molecule has 0 atom stereocenters. The van der Waals surface area contributed by atoms with Crippen molar-refractivity contribution in [3.05, 3.63) is 65.3 Å². The van der Waals surface area contributed by atoms with Crippen molar-refractivity contribution in [2.45, 2.75) is 6.42 Å². The molecule has 2 aromatic carbocycles. The molecule has 1 aromatic heterocycles. The molecule has 0 radical (unpaired) electrons. The molecular weight excluding hydrogens is 364 g/mol. The lowest BCUT2D eigenvalue weighted by Crippen LogP contribution is -2.08. The second-order valence-corrected chi connectivity index (χ2v) is 6.20. The minimum atomic E-state index is 0.478. The van der Waals surface area contributed by atoms with E-state index in [1.54, 1.807) is 26.5 Å². The number of nitrogens with zero attached hydrogens (tertiary/aromatic N) is 2. The van der Waals surface area contributed by atoms with Crippen molar-refractivity contribution in [3.8, 4) is 11.5 Å². The summed E-state index contributed by atoms with van der Waals surface area (Å²) < 4.78 is 10.6. The van der Waals surface area contributed by atoms with E-state index < -0.39 is 0 Å². The van der Waals surface area contributed by atoms with Crippen LogP contribution in [0, 0.1) is 0 Å². The topological polar surface area (TPSA) is 68.3 Å². The van der Waals surface area contributed by atoms with E-state index in [2.05, 4.69) is 26.7 Å².